The van der Waals surface area contributed by atoms with Crippen molar-refractivity contribution in [2.45, 2.75) is 44.8 Å². The third kappa shape index (κ3) is 4.32. The first-order valence-corrected chi connectivity index (χ1v) is 11.4. The van der Waals surface area contributed by atoms with Crippen LogP contribution in [0.25, 0.3) is 0 Å². The third-order valence-corrected chi connectivity index (χ3v) is 7.11. The average molecular weight is 493 g/mol. The largest absolute Gasteiger partial charge is 0.435 e. The highest BCUT2D eigenvalue weighted by Crippen LogP contribution is 2.38. The molecule has 34 heavy (non-hydrogen) atoms. The van der Waals surface area contributed by atoms with E-state index < -0.39 is 42.4 Å². The minimum atomic E-state index is -2.99. The van der Waals surface area contributed by atoms with Crippen molar-refractivity contribution in [3.05, 3.63) is 45.8 Å². The zero-order valence-electron chi connectivity index (χ0n) is 18.2. The fourth-order valence-electron chi connectivity index (χ4n) is 4.23. The lowest BCUT2D eigenvalue weighted by Crippen LogP contribution is -2.42. The number of hydrogen-bond donors (Lipinski definition) is 3. The highest BCUT2D eigenvalue weighted by molar-refractivity contribution is 7.17. The zero-order chi connectivity index (χ0) is 24.6. The van der Waals surface area contributed by atoms with E-state index in [0.29, 0.717) is 17.0 Å². The molecule has 2 aliphatic rings. The Balaban J connectivity index is 1.49. The Morgan fingerprint density at radius 3 is 2.56 bits per heavy atom. The number of nitrogens with two attached hydrogens (primary N) is 1. The Morgan fingerprint density at radius 1 is 1.24 bits per heavy atom. The van der Waals surface area contributed by atoms with Gasteiger partial charge >= 0.3 is 12.6 Å². The van der Waals surface area contributed by atoms with Crippen molar-refractivity contribution in [2.24, 2.45) is 5.73 Å². The van der Waals surface area contributed by atoms with Crippen LogP contribution >= 0.6 is 11.3 Å². The standard InChI is InChI=1S/C22H22F2N4O5S/c1-22(11-6-8-12(9-7-11)33-20(23)24)19(31)28(21(32)27-22)10-15(29)26-18-16(17(25)30)13-4-2-3-5-14(13)34-18/h6-9,20H,2-5,10H2,1H3,(H2,25,30)(H,26,29)(H,27,32)/t22-/m0/s1. The van der Waals surface area contributed by atoms with Gasteiger partial charge in [-0.2, -0.15) is 8.78 Å². The summed E-state index contributed by atoms with van der Waals surface area (Å²) in [6.07, 6.45) is 3.40. The normalized spacial score (nSPS) is 19.7. The predicted octanol–water partition coefficient (Wildman–Crippen LogP) is 2.73. The van der Waals surface area contributed by atoms with E-state index in [0.717, 1.165) is 34.6 Å². The van der Waals surface area contributed by atoms with E-state index in [1.54, 1.807) is 0 Å². The molecule has 5 amide bonds. The van der Waals surface area contributed by atoms with Gasteiger partial charge < -0.3 is 21.1 Å². The third-order valence-electron chi connectivity index (χ3n) is 5.90. The number of fused-ring (bicyclic) bond motifs is 1. The van der Waals surface area contributed by atoms with Crippen LogP contribution in [0.1, 0.15) is 46.1 Å². The molecular weight excluding hydrogens is 470 g/mol. The number of urea groups is 1. The Hall–Kier alpha value is -3.54. The first kappa shape index (κ1) is 23.6. The number of alkyl halides is 2. The van der Waals surface area contributed by atoms with E-state index in [4.69, 9.17) is 5.73 Å². The van der Waals surface area contributed by atoms with Crippen LogP contribution in [0.3, 0.4) is 0 Å². The second kappa shape index (κ2) is 9.01. The first-order chi connectivity index (χ1) is 16.1. The smallest absolute Gasteiger partial charge is 0.387 e. The number of anilines is 1. The van der Waals surface area contributed by atoms with Crippen LogP contribution < -0.4 is 21.1 Å². The molecule has 0 bridgehead atoms. The fourth-order valence-corrected chi connectivity index (χ4v) is 5.54. The van der Waals surface area contributed by atoms with Gasteiger partial charge in [0.1, 0.15) is 22.8 Å². The Morgan fingerprint density at radius 2 is 1.91 bits per heavy atom. The molecule has 1 fully saturated rings. The second-order valence-electron chi connectivity index (χ2n) is 8.18. The molecule has 2 heterocycles. The molecule has 4 N–H and O–H groups in total. The van der Waals surface area contributed by atoms with Crippen molar-refractivity contribution in [3.63, 3.8) is 0 Å². The van der Waals surface area contributed by atoms with E-state index in [-0.39, 0.29) is 11.3 Å². The summed E-state index contributed by atoms with van der Waals surface area (Å²) in [4.78, 5) is 52.1. The quantitative estimate of drug-likeness (QED) is 0.512. The molecule has 2 aromatic rings. The van der Waals surface area contributed by atoms with Crippen molar-refractivity contribution in [2.75, 3.05) is 11.9 Å². The molecule has 0 saturated carbocycles. The van der Waals surface area contributed by atoms with Crippen molar-refractivity contribution >= 4 is 40.1 Å². The van der Waals surface area contributed by atoms with Gasteiger partial charge in [0.2, 0.25) is 5.91 Å². The molecule has 1 aliphatic heterocycles. The average Bonchev–Trinajstić information content (AvgIpc) is 3.24. The van der Waals surface area contributed by atoms with Crippen LogP contribution in [0.4, 0.5) is 18.6 Å². The van der Waals surface area contributed by atoms with E-state index in [1.165, 1.54) is 42.5 Å². The van der Waals surface area contributed by atoms with Gasteiger partial charge in [0.25, 0.3) is 11.8 Å². The van der Waals surface area contributed by atoms with Gasteiger partial charge in [-0.15, -0.1) is 11.3 Å². The van der Waals surface area contributed by atoms with Crippen molar-refractivity contribution < 1.29 is 32.7 Å². The second-order valence-corrected chi connectivity index (χ2v) is 9.28. The summed E-state index contributed by atoms with van der Waals surface area (Å²) >= 11 is 1.28. The highest BCUT2D eigenvalue weighted by atomic mass is 32.1. The molecule has 9 nitrogen and oxygen atoms in total. The SMILES string of the molecule is C[C@@]1(c2ccc(OC(F)F)cc2)NC(=O)N(CC(=O)Nc2sc3c(c2C(N)=O)CCCC3)C1=O. The number of rotatable bonds is 7. The van der Waals surface area contributed by atoms with Gasteiger partial charge in [-0.05, 0) is 55.9 Å². The number of benzene rings is 1. The van der Waals surface area contributed by atoms with Crippen molar-refractivity contribution in [3.8, 4) is 5.75 Å². The number of hydrogen-bond acceptors (Lipinski definition) is 6. The molecule has 1 aromatic heterocycles. The van der Waals surface area contributed by atoms with Crippen LogP contribution in [-0.2, 0) is 28.0 Å². The van der Waals surface area contributed by atoms with Crippen molar-refractivity contribution in [1.82, 2.24) is 10.2 Å². The number of ether oxygens (including phenoxy) is 1. The summed E-state index contributed by atoms with van der Waals surface area (Å²) in [5.41, 5.74) is 5.50. The number of primary amides is 1. The van der Waals surface area contributed by atoms with Gasteiger partial charge in [-0.25, -0.2) is 4.79 Å². The van der Waals surface area contributed by atoms with E-state index in [9.17, 15) is 28.0 Å². The maximum Gasteiger partial charge on any atom is 0.387 e. The van der Waals surface area contributed by atoms with Crippen LogP contribution in [-0.4, -0.2) is 41.8 Å². The minimum Gasteiger partial charge on any atom is -0.435 e. The number of nitrogens with zero attached hydrogens (tertiary/aromatic N) is 1. The number of halogens is 2. The van der Waals surface area contributed by atoms with Gasteiger partial charge in [0, 0.05) is 4.88 Å². The summed E-state index contributed by atoms with van der Waals surface area (Å²) in [5, 5.41) is 5.48. The van der Waals surface area contributed by atoms with E-state index >= 15 is 0 Å². The fraction of sp³-hybridized carbons (Fsp3) is 0.364. The topological polar surface area (TPSA) is 131 Å². The van der Waals surface area contributed by atoms with Crippen LogP contribution in [0.5, 0.6) is 5.75 Å². The number of nitrogens with one attached hydrogen (secondary N) is 2. The summed E-state index contributed by atoms with van der Waals surface area (Å²) in [6, 6.07) is 4.50. The molecule has 1 aliphatic carbocycles. The van der Waals surface area contributed by atoms with Crippen LogP contribution in [0.2, 0.25) is 0 Å². The maximum atomic E-state index is 13.1. The molecular formula is C22H22F2N4O5S. The summed E-state index contributed by atoms with van der Waals surface area (Å²) in [6.45, 7) is -2.12. The molecule has 180 valence electrons. The lowest BCUT2D eigenvalue weighted by molar-refractivity contribution is -0.133. The van der Waals surface area contributed by atoms with E-state index in [2.05, 4.69) is 15.4 Å². The van der Waals surface area contributed by atoms with E-state index in [1.807, 2.05) is 0 Å². The van der Waals surface area contributed by atoms with Gasteiger partial charge in [-0.3, -0.25) is 19.3 Å². The molecule has 0 radical (unpaired) electrons. The molecule has 1 atom stereocenters. The maximum absolute atomic E-state index is 13.1. The number of carbonyl (C=O) groups excluding carboxylic acids is 4. The molecule has 1 aromatic carbocycles. The highest BCUT2D eigenvalue weighted by Gasteiger charge is 2.49. The molecule has 0 spiro atoms. The Labute approximate surface area is 197 Å². The Kier molecular flexibility index (Phi) is 6.26. The number of imide groups is 1. The zero-order valence-corrected chi connectivity index (χ0v) is 19.0. The summed E-state index contributed by atoms with van der Waals surface area (Å²) < 4.78 is 29.0. The Bertz CT molecular complexity index is 1170. The van der Waals surface area contributed by atoms with Gasteiger partial charge in [0.05, 0.1) is 5.56 Å². The number of thiophene rings is 1. The first-order valence-electron chi connectivity index (χ1n) is 10.5. The number of amides is 5. The molecule has 4 rings (SSSR count). The number of aryl methyl sites for hydroxylation is 1. The lowest BCUT2D eigenvalue weighted by atomic mass is 9.92. The summed E-state index contributed by atoms with van der Waals surface area (Å²) in [7, 11) is 0. The van der Waals surface area contributed by atoms with Gasteiger partial charge in [0.15, 0.2) is 0 Å². The molecule has 0 unspecified atom stereocenters. The minimum absolute atomic E-state index is 0.0979. The summed E-state index contributed by atoms with van der Waals surface area (Å²) in [5.74, 6) is -2.08. The predicted molar refractivity (Wildman–Crippen MR) is 119 cm³/mol. The van der Waals surface area contributed by atoms with Crippen LogP contribution in [0.15, 0.2) is 24.3 Å². The molecule has 12 heteroatoms. The van der Waals surface area contributed by atoms with Gasteiger partial charge in [-0.1, -0.05) is 12.1 Å². The lowest BCUT2D eigenvalue weighted by Gasteiger charge is -2.22. The monoisotopic (exact) mass is 492 g/mol. The van der Waals surface area contributed by atoms with Crippen LogP contribution in [0, 0.1) is 0 Å². The molecule has 1 saturated heterocycles. The number of carbonyl (C=O) groups is 4. The van der Waals surface area contributed by atoms with Crippen molar-refractivity contribution in [1.29, 1.82) is 0 Å².